The predicted molar refractivity (Wildman–Crippen MR) is 119 cm³/mol. The molecule has 0 atom stereocenters. The van der Waals surface area contributed by atoms with Crippen LogP contribution in [0.4, 0.5) is 11.4 Å². The van der Waals surface area contributed by atoms with E-state index in [1.54, 1.807) is 49.4 Å². The number of amides is 2. The third-order valence-corrected chi connectivity index (χ3v) is 4.43. The molecule has 2 amide bonds. The highest BCUT2D eigenvalue weighted by Crippen LogP contribution is 2.26. The highest BCUT2D eigenvalue weighted by atomic mass is 79.9. The molecular weight excluding hydrogens is 442 g/mol. The third-order valence-electron chi connectivity index (χ3n) is 3.61. The van der Waals surface area contributed by atoms with E-state index in [2.05, 4.69) is 31.9 Å². The third kappa shape index (κ3) is 6.61. The molecule has 0 saturated carbocycles. The van der Waals surface area contributed by atoms with Crippen molar-refractivity contribution in [1.29, 1.82) is 0 Å². The molecule has 0 spiro atoms. The highest BCUT2D eigenvalue weighted by Gasteiger charge is 2.11. The van der Waals surface area contributed by atoms with E-state index >= 15 is 0 Å². The molecule has 28 heavy (non-hydrogen) atoms. The van der Waals surface area contributed by atoms with Gasteiger partial charge in [0.25, 0.3) is 5.91 Å². The van der Waals surface area contributed by atoms with Gasteiger partial charge in [-0.15, -0.1) is 0 Å². The van der Waals surface area contributed by atoms with Gasteiger partial charge in [0, 0.05) is 23.4 Å². The summed E-state index contributed by atoms with van der Waals surface area (Å²) in [7, 11) is 0. The number of nitrogens with one attached hydrogen (secondary N) is 3. The summed E-state index contributed by atoms with van der Waals surface area (Å²) >= 11 is 8.63. The summed E-state index contributed by atoms with van der Waals surface area (Å²) in [6.45, 7) is 4.41. The minimum Gasteiger partial charge on any atom is -0.492 e. The maximum absolute atomic E-state index is 12.4. The molecule has 2 aromatic carbocycles. The summed E-state index contributed by atoms with van der Waals surface area (Å²) in [4.78, 5) is 23.9. The number of halogens is 1. The van der Waals surface area contributed by atoms with Crippen molar-refractivity contribution in [2.24, 2.45) is 0 Å². The molecule has 0 fully saturated rings. The van der Waals surface area contributed by atoms with Crippen LogP contribution in [0.5, 0.6) is 5.75 Å². The van der Waals surface area contributed by atoms with Crippen molar-refractivity contribution in [2.75, 3.05) is 17.2 Å². The summed E-state index contributed by atoms with van der Waals surface area (Å²) in [5.74, 6) is 0.269. The Hall–Kier alpha value is -2.45. The number of rotatable bonds is 7. The van der Waals surface area contributed by atoms with Crippen LogP contribution in [0.2, 0.25) is 0 Å². The lowest BCUT2D eigenvalue weighted by molar-refractivity contribution is -0.115. The molecule has 6 nitrogen and oxygen atoms in total. The zero-order chi connectivity index (χ0) is 20.5. The van der Waals surface area contributed by atoms with Crippen LogP contribution in [0.1, 0.15) is 37.0 Å². The van der Waals surface area contributed by atoms with E-state index in [1.807, 2.05) is 6.92 Å². The van der Waals surface area contributed by atoms with Crippen LogP contribution in [0.3, 0.4) is 0 Å². The van der Waals surface area contributed by atoms with Gasteiger partial charge < -0.3 is 15.4 Å². The van der Waals surface area contributed by atoms with Crippen LogP contribution in [0.15, 0.2) is 46.9 Å². The number of carbonyl (C=O) groups is 2. The fourth-order valence-electron chi connectivity index (χ4n) is 2.23. The lowest BCUT2D eigenvalue weighted by Gasteiger charge is -2.12. The van der Waals surface area contributed by atoms with Crippen LogP contribution >= 0.6 is 28.1 Å². The average Bonchev–Trinajstić information content (AvgIpc) is 2.67. The van der Waals surface area contributed by atoms with Crippen molar-refractivity contribution in [3.05, 3.63) is 52.5 Å². The molecule has 0 aliphatic heterocycles. The second kappa shape index (κ2) is 10.8. The van der Waals surface area contributed by atoms with Gasteiger partial charge in [-0.1, -0.05) is 19.9 Å². The minimum atomic E-state index is -0.337. The van der Waals surface area contributed by atoms with E-state index in [4.69, 9.17) is 17.0 Å². The van der Waals surface area contributed by atoms with E-state index in [0.717, 1.165) is 6.42 Å². The Bertz CT molecular complexity index is 874. The molecule has 0 aliphatic carbocycles. The molecule has 0 saturated heterocycles. The van der Waals surface area contributed by atoms with E-state index < -0.39 is 0 Å². The molecule has 0 aliphatic rings. The van der Waals surface area contributed by atoms with Crippen molar-refractivity contribution in [3.8, 4) is 5.75 Å². The van der Waals surface area contributed by atoms with Crippen LogP contribution in [0, 0.1) is 0 Å². The first kappa shape index (κ1) is 21.8. The van der Waals surface area contributed by atoms with Gasteiger partial charge in [0.1, 0.15) is 5.75 Å². The summed E-state index contributed by atoms with van der Waals surface area (Å²) in [5.41, 5.74) is 1.75. The Morgan fingerprint density at radius 1 is 1.07 bits per heavy atom. The summed E-state index contributed by atoms with van der Waals surface area (Å²) < 4.78 is 6.28. The molecule has 0 radical (unpaired) electrons. The first-order chi connectivity index (χ1) is 13.4. The van der Waals surface area contributed by atoms with Gasteiger partial charge in [0.2, 0.25) is 5.91 Å². The Morgan fingerprint density at radius 3 is 2.43 bits per heavy atom. The standard InChI is InChI=1S/C20H22BrN3O3S/c1-3-10-27-17-9-8-13(11-16(17)21)19(26)24-20(28)23-15-7-5-6-14(12-15)22-18(25)4-2/h5-9,11-12H,3-4,10H2,1-2H3,(H,22,25)(H2,23,24,26,28). The fourth-order valence-corrected chi connectivity index (χ4v) is 2.94. The Balaban J connectivity index is 1.97. The Labute approximate surface area is 178 Å². The van der Waals surface area contributed by atoms with Crippen molar-refractivity contribution < 1.29 is 14.3 Å². The normalized spacial score (nSPS) is 10.1. The topological polar surface area (TPSA) is 79.5 Å². The lowest BCUT2D eigenvalue weighted by Crippen LogP contribution is -2.34. The number of anilines is 2. The first-order valence-corrected chi connectivity index (χ1v) is 10.1. The highest BCUT2D eigenvalue weighted by molar-refractivity contribution is 9.10. The second-order valence-corrected chi connectivity index (χ2v) is 7.15. The Morgan fingerprint density at radius 2 is 1.79 bits per heavy atom. The van der Waals surface area contributed by atoms with Crippen LogP contribution in [0.25, 0.3) is 0 Å². The second-order valence-electron chi connectivity index (χ2n) is 5.88. The van der Waals surface area contributed by atoms with Crippen molar-refractivity contribution in [3.63, 3.8) is 0 Å². The van der Waals surface area contributed by atoms with Gasteiger partial charge in [-0.2, -0.15) is 0 Å². The molecule has 0 bridgehead atoms. The zero-order valence-electron chi connectivity index (χ0n) is 15.7. The van der Waals surface area contributed by atoms with E-state index in [1.165, 1.54) is 0 Å². The summed E-state index contributed by atoms with van der Waals surface area (Å²) in [6.07, 6.45) is 1.29. The molecule has 0 aromatic heterocycles. The largest absolute Gasteiger partial charge is 0.492 e. The van der Waals surface area contributed by atoms with Crippen molar-refractivity contribution in [2.45, 2.75) is 26.7 Å². The van der Waals surface area contributed by atoms with Gasteiger partial charge in [-0.3, -0.25) is 14.9 Å². The maximum atomic E-state index is 12.4. The van der Waals surface area contributed by atoms with Gasteiger partial charge in [-0.25, -0.2) is 0 Å². The average molecular weight is 464 g/mol. The van der Waals surface area contributed by atoms with Gasteiger partial charge in [0.05, 0.1) is 11.1 Å². The minimum absolute atomic E-state index is 0.0787. The molecular formula is C20H22BrN3O3S. The van der Waals surface area contributed by atoms with E-state index in [9.17, 15) is 9.59 Å². The molecule has 2 aromatic rings. The van der Waals surface area contributed by atoms with Gasteiger partial charge in [0.15, 0.2) is 5.11 Å². The molecule has 0 heterocycles. The fraction of sp³-hybridized carbons (Fsp3) is 0.250. The van der Waals surface area contributed by atoms with E-state index in [0.29, 0.717) is 40.2 Å². The van der Waals surface area contributed by atoms with Crippen molar-refractivity contribution in [1.82, 2.24) is 5.32 Å². The molecule has 0 unspecified atom stereocenters. The Kier molecular flexibility index (Phi) is 8.41. The molecule has 8 heteroatoms. The number of benzene rings is 2. The monoisotopic (exact) mass is 463 g/mol. The number of carbonyl (C=O) groups excluding carboxylic acids is 2. The number of hydrogen-bond acceptors (Lipinski definition) is 4. The number of ether oxygens (including phenoxy) is 1. The van der Waals surface area contributed by atoms with Crippen LogP contribution in [-0.4, -0.2) is 23.5 Å². The van der Waals surface area contributed by atoms with Crippen LogP contribution in [-0.2, 0) is 4.79 Å². The van der Waals surface area contributed by atoms with Crippen LogP contribution < -0.4 is 20.7 Å². The van der Waals surface area contributed by atoms with E-state index in [-0.39, 0.29) is 16.9 Å². The van der Waals surface area contributed by atoms with Gasteiger partial charge in [-0.05, 0) is 71.0 Å². The summed E-state index contributed by atoms with van der Waals surface area (Å²) in [6, 6.07) is 12.2. The van der Waals surface area contributed by atoms with Crippen molar-refractivity contribution >= 4 is 56.4 Å². The smallest absolute Gasteiger partial charge is 0.257 e. The maximum Gasteiger partial charge on any atom is 0.257 e. The number of thiocarbonyl (C=S) groups is 1. The predicted octanol–water partition coefficient (Wildman–Crippen LogP) is 4.71. The number of hydrogen-bond donors (Lipinski definition) is 3. The quantitative estimate of drug-likeness (QED) is 0.517. The first-order valence-electron chi connectivity index (χ1n) is 8.87. The van der Waals surface area contributed by atoms with Gasteiger partial charge >= 0.3 is 0 Å². The zero-order valence-corrected chi connectivity index (χ0v) is 18.1. The molecule has 2 rings (SSSR count). The summed E-state index contributed by atoms with van der Waals surface area (Å²) in [5, 5.41) is 8.51. The molecule has 148 valence electrons. The molecule has 3 N–H and O–H groups in total. The SMILES string of the molecule is CCCOc1ccc(C(=O)NC(=S)Nc2cccc(NC(=O)CC)c2)cc1Br. The lowest BCUT2D eigenvalue weighted by atomic mass is 10.2.